The van der Waals surface area contributed by atoms with E-state index in [2.05, 4.69) is 10.3 Å². The third kappa shape index (κ3) is 5.47. The number of carbonyl (C=O) groups excluding carboxylic acids is 1. The fourth-order valence-corrected chi connectivity index (χ4v) is 1.63. The minimum absolute atomic E-state index is 0.0335. The summed E-state index contributed by atoms with van der Waals surface area (Å²) in [7, 11) is 0. The van der Waals surface area contributed by atoms with E-state index in [4.69, 9.17) is 5.11 Å². The van der Waals surface area contributed by atoms with Crippen molar-refractivity contribution in [1.29, 1.82) is 0 Å². The first-order valence-corrected chi connectivity index (χ1v) is 6.08. The van der Waals surface area contributed by atoms with Gasteiger partial charge in [-0.25, -0.2) is 4.98 Å². The predicted octanol–water partition coefficient (Wildman–Crippen LogP) is 1.03. The molecule has 0 spiro atoms. The minimum Gasteiger partial charge on any atom is -0.481 e. The predicted molar refractivity (Wildman–Crippen MR) is 65.9 cm³/mol. The van der Waals surface area contributed by atoms with E-state index in [0.29, 0.717) is 13.0 Å². The largest absolute Gasteiger partial charge is 0.481 e. The molecule has 1 aromatic heterocycles. The van der Waals surface area contributed by atoms with E-state index in [1.807, 2.05) is 17.7 Å². The summed E-state index contributed by atoms with van der Waals surface area (Å²) in [6.45, 7) is 2.68. The van der Waals surface area contributed by atoms with Crippen LogP contribution in [0.4, 0.5) is 0 Å². The van der Waals surface area contributed by atoms with Crippen LogP contribution >= 0.6 is 0 Å². The monoisotopic (exact) mass is 253 g/mol. The van der Waals surface area contributed by atoms with Crippen LogP contribution in [-0.2, 0) is 16.1 Å². The summed E-state index contributed by atoms with van der Waals surface area (Å²) in [6.07, 6.45) is 6.74. The molecular formula is C12H19N3O3. The molecule has 0 saturated carbocycles. The Morgan fingerprint density at radius 1 is 1.44 bits per heavy atom. The Bertz CT molecular complexity index is 376. The maximum absolute atomic E-state index is 11.6. The van der Waals surface area contributed by atoms with Crippen molar-refractivity contribution < 1.29 is 14.7 Å². The average Bonchev–Trinajstić information content (AvgIpc) is 2.80. The number of imidazole rings is 1. The van der Waals surface area contributed by atoms with Gasteiger partial charge in [0.15, 0.2) is 0 Å². The number of amides is 1. The lowest BCUT2D eigenvalue weighted by atomic mass is 10.2. The third-order valence-electron chi connectivity index (χ3n) is 2.64. The molecule has 6 nitrogen and oxygen atoms in total. The van der Waals surface area contributed by atoms with Crippen LogP contribution in [0.2, 0.25) is 0 Å². The highest BCUT2D eigenvalue weighted by molar-refractivity contribution is 5.77. The molecule has 1 atom stereocenters. The van der Waals surface area contributed by atoms with E-state index in [1.54, 1.807) is 12.5 Å². The second-order valence-electron chi connectivity index (χ2n) is 4.18. The number of aliphatic carboxylic acids is 1. The number of hydrogen-bond donors (Lipinski definition) is 2. The fraction of sp³-hybridized carbons (Fsp3) is 0.583. The molecule has 2 N–H and O–H groups in total. The maximum atomic E-state index is 11.6. The van der Waals surface area contributed by atoms with Gasteiger partial charge in [0.05, 0.1) is 6.33 Å². The summed E-state index contributed by atoms with van der Waals surface area (Å²) in [5.74, 6) is -0.962. The molecule has 1 rings (SSSR count). The van der Waals surface area contributed by atoms with Crippen LogP contribution in [0.1, 0.15) is 32.6 Å². The summed E-state index contributed by atoms with van der Waals surface area (Å²) < 4.78 is 1.91. The van der Waals surface area contributed by atoms with Crippen LogP contribution in [0.25, 0.3) is 0 Å². The highest BCUT2D eigenvalue weighted by Gasteiger charge is 2.11. The van der Waals surface area contributed by atoms with Gasteiger partial charge in [-0.1, -0.05) is 6.92 Å². The Kier molecular flexibility index (Phi) is 5.90. The highest BCUT2D eigenvalue weighted by Crippen LogP contribution is 2.00. The lowest BCUT2D eigenvalue weighted by Crippen LogP contribution is -2.37. The molecule has 0 bridgehead atoms. The van der Waals surface area contributed by atoms with Crippen LogP contribution in [0, 0.1) is 0 Å². The smallest absolute Gasteiger partial charge is 0.303 e. The Morgan fingerprint density at radius 3 is 2.78 bits per heavy atom. The van der Waals surface area contributed by atoms with Crippen LogP contribution in [0.5, 0.6) is 0 Å². The van der Waals surface area contributed by atoms with Crippen LogP contribution < -0.4 is 5.32 Å². The standard InChI is InChI=1S/C12H19N3O3/c1-2-10(8-15-7-6-13-9-15)14-11(16)4-3-5-12(17)18/h6-7,9-10H,2-5,8H2,1H3,(H,14,16)(H,17,18)/t10-/m1/s1. The minimum atomic E-state index is -0.867. The van der Waals surface area contributed by atoms with Gasteiger partial charge in [-0.2, -0.15) is 0 Å². The summed E-state index contributed by atoms with van der Waals surface area (Å²) in [4.78, 5) is 25.9. The van der Waals surface area contributed by atoms with Gasteiger partial charge in [-0.3, -0.25) is 9.59 Å². The molecule has 100 valence electrons. The average molecular weight is 253 g/mol. The van der Waals surface area contributed by atoms with Gasteiger partial charge in [0.25, 0.3) is 0 Å². The molecule has 0 unspecified atom stereocenters. The van der Waals surface area contributed by atoms with Crippen molar-refractivity contribution in [2.75, 3.05) is 0 Å². The van der Waals surface area contributed by atoms with E-state index in [9.17, 15) is 9.59 Å². The maximum Gasteiger partial charge on any atom is 0.303 e. The molecule has 0 saturated heterocycles. The van der Waals surface area contributed by atoms with Crippen molar-refractivity contribution in [1.82, 2.24) is 14.9 Å². The Morgan fingerprint density at radius 2 is 2.22 bits per heavy atom. The van der Waals surface area contributed by atoms with Gasteiger partial charge < -0.3 is 15.0 Å². The number of hydrogen-bond acceptors (Lipinski definition) is 3. The van der Waals surface area contributed by atoms with Crippen molar-refractivity contribution in [2.45, 2.75) is 45.2 Å². The molecule has 0 aliphatic carbocycles. The molecule has 0 aromatic carbocycles. The van der Waals surface area contributed by atoms with E-state index in [-0.39, 0.29) is 24.8 Å². The van der Waals surface area contributed by atoms with Crippen molar-refractivity contribution in [3.63, 3.8) is 0 Å². The molecule has 1 aromatic rings. The first kappa shape index (κ1) is 14.2. The van der Waals surface area contributed by atoms with E-state index < -0.39 is 5.97 Å². The van der Waals surface area contributed by atoms with Gasteiger partial charge in [0.2, 0.25) is 5.91 Å². The zero-order valence-electron chi connectivity index (χ0n) is 10.5. The number of aromatic nitrogens is 2. The van der Waals surface area contributed by atoms with Crippen LogP contribution in [0.3, 0.4) is 0 Å². The summed E-state index contributed by atoms with van der Waals surface area (Å²) in [5.41, 5.74) is 0. The molecule has 18 heavy (non-hydrogen) atoms. The van der Waals surface area contributed by atoms with Gasteiger partial charge in [-0.05, 0) is 12.8 Å². The number of carboxylic acid groups (broad SMARTS) is 1. The third-order valence-corrected chi connectivity index (χ3v) is 2.64. The SMILES string of the molecule is CC[C@H](Cn1ccnc1)NC(=O)CCCC(=O)O. The molecule has 6 heteroatoms. The lowest BCUT2D eigenvalue weighted by Gasteiger charge is -2.17. The van der Waals surface area contributed by atoms with Crippen molar-refractivity contribution in [2.24, 2.45) is 0 Å². The zero-order valence-corrected chi connectivity index (χ0v) is 10.5. The summed E-state index contributed by atoms with van der Waals surface area (Å²) in [6, 6.07) is 0.0523. The zero-order chi connectivity index (χ0) is 13.4. The van der Waals surface area contributed by atoms with Crippen molar-refractivity contribution in [3.8, 4) is 0 Å². The lowest BCUT2D eigenvalue weighted by molar-refractivity contribution is -0.137. The van der Waals surface area contributed by atoms with Gasteiger partial charge in [0.1, 0.15) is 0 Å². The number of nitrogens with zero attached hydrogens (tertiary/aromatic N) is 2. The Labute approximate surface area is 106 Å². The fourth-order valence-electron chi connectivity index (χ4n) is 1.63. The molecule has 1 amide bonds. The quantitative estimate of drug-likeness (QED) is 0.724. The highest BCUT2D eigenvalue weighted by atomic mass is 16.4. The molecule has 0 aliphatic rings. The molecule has 0 fully saturated rings. The van der Waals surface area contributed by atoms with Gasteiger partial charge in [-0.15, -0.1) is 0 Å². The number of rotatable bonds is 8. The van der Waals surface area contributed by atoms with Crippen molar-refractivity contribution in [3.05, 3.63) is 18.7 Å². The van der Waals surface area contributed by atoms with Crippen molar-refractivity contribution >= 4 is 11.9 Å². The Hall–Kier alpha value is -1.85. The number of carbonyl (C=O) groups is 2. The van der Waals surface area contributed by atoms with Gasteiger partial charge in [0, 0.05) is 37.8 Å². The molecule has 1 heterocycles. The number of carboxylic acids is 1. The van der Waals surface area contributed by atoms with Crippen LogP contribution in [-0.4, -0.2) is 32.6 Å². The van der Waals surface area contributed by atoms with Crippen LogP contribution in [0.15, 0.2) is 18.7 Å². The molecular weight excluding hydrogens is 234 g/mol. The second kappa shape index (κ2) is 7.47. The number of nitrogens with one attached hydrogen (secondary N) is 1. The topological polar surface area (TPSA) is 84.2 Å². The first-order chi connectivity index (χ1) is 8.61. The molecule has 0 radical (unpaired) electrons. The van der Waals surface area contributed by atoms with E-state index >= 15 is 0 Å². The summed E-state index contributed by atoms with van der Waals surface area (Å²) in [5, 5.41) is 11.4. The van der Waals surface area contributed by atoms with E-state index in [1.165, 1.54) is 0 Å². The normalized spacial score (nSPS) is 12.1. The molecule has 0 aliphatic heterocycles. The first-order valence-electron chi connectivity index (χ1n) is 6.08. The Balaban J connectivity index is 2.29. The van der Waals surface area contributed by atoms with E-state index in [0.717, 1.165) is 6.42 Å². The van der Waals surface area contributed by atoms with Gasteiger partial charge >= 0.3 is 5.97 Å². The summed E-state index contributed by atoms with van der Waals surface area (Å²) >= 11 is 0. The second-order valence-corrected chi connectivity index (χ2v) is 4.18.